The molecule has 0 aliphatic heterocycles. The first-order chi connectivity index (χ1) is 7.70. The number of hydrogen-bond acceptors (Lipinski definition) is 3. The molecule has 0 atom stereocenters. The zero-order valence-corrected chi connectivity index (χ0v) is 10.5. The minimum Gasteiger partial charge on any atom is -0.237 e. The highest BCUT2D eigenvalue weighted by atomic mass is 32.2. The highest BCUT2D eigenvalue weighted by Gasteiger charge is 2.03. The predicted molar refractivity (Wildman–Crippen MR) is 67.2 cm³/mol. The van der Waals surface area contributed by atoms with Gasteiger partial charge in [0.15, 0.2) is 5.82 Å². The molecule has 0 radical (unpaired) electrons. The molecule has 16 heavy (non-hydrogen) atoms. The molecule has 0 aromatic carbocycles. The van der Waals surface area contributed by atoms with Crippen molar-refractivity contribution in [3.05, 3.63) is 36.2 Å². The minimum absolute atomic E-state index is 0.515. The van der Waals surface area contributed by atoms with E-state index in [2.05, 4.69) is 30.0 Å². The first-order valence-electron chi connectivity index (χ1n) is 5.26. The van der Waals surface area contributed by atoms with Crippen LogP contribution in [0.5, 0.6) is 0 Å². The fourth-order valence-corrected chi connectivity index (χ4v) is 1.78. The third-order valence-corrected chi connectivity index (χ3v) is 3.08. The van der Waals surface area contributed by atoms with E-state index >= 15 is 0 Å². The summed E-state index contributed by atoms with van der Waals surface area (Å²) in [5.41, 5.74) is 1.25. The Morgan fingerprint density at radius 1 is 1.25 bits per heavy atom. The number of pyridine rings is 1. The van der Waals surface area contributed by atoms with Crippen LogP contribution in [0.25, 0.3) is 5.82 Å². The Labute approximate surface area is 99.9 Å². The Kier molecular flexibility index (Phi) is 3.29. The average Bonchev–Trinajstić information content (AvgIpc) is 2.77. The van der Waals surface area contributed by atoms with E-state index < -0.39 is 0 Å². The van der Waals surface area contributed by atoms with Crippen LogP contribution in [0, 0.1) is 0 Å². The van der Waals surface area contributed by atoms with Crippen LogP contribution in [0.1, 0.15) is 25.3 Å². The lowest BCUT2D eigenvalue weighted by Crippen LogP contribution is -1.99. The number of hydrogen-bond donors (Lipinski definition) is 0. The van der Waals surface area contributed by atoms with Gasteiger partial charge in [0.1, 0.15) is 5.03 Å². The smallest absolute Gasteiger partial charge is 0.153 e. The van der Waals surface area contributed by atoms with E-state index in [9.17, 15) is 0 Å². The van der Waals surface area contributed by atoms with Gasteiger partial charge in [0, 0.05) is 12.4 Å². The van der Waals surface area contributed by atoms with Gasteiger partial charge in [-0.2, -0.15) is 5.10 Å². The number of thioether (sulfide) groups is 1. The van der Waals surface area contributed by atoms with Crippen molar-refractivity contribution < 1.29 is 0 Å². The fourth-order valence-electron chi connectivity index (χ4n) is 1.42. The quantitative estimate of drug-likeness (QED) is 0.763. The van der Waals surface area contributed by atoms with Crippen molar-refractivity contribution in [2.24, 2.45) is 0 Å². The summed E-state index contributed by atoms with van der Waals surface area (Å²) in [4.78, 5) is 4.41. The topological polar surface area (TPSA) is 30.7 Å². The van der Waals surface area contributed by atoms with E-state index in [1.807, 2.05) is 30.8 Å². The van der Waals surface area contributed by atoms with E-state index in [4.69, 9.17) is 0 Å². The largest absolute Gasteiger partial charge is 0.237 e. The molecule has 0 fully saturated rings. The molecule has 0 bridgehead atoms. The fraction of sp³-hybridized carbons (Fsp3) is 0.333. The number of nitrogens with zero attached hydrogens (tertiary/aromatic N) is 3. The molecular formula is C12H15N3S. The van der Waals surface area contributed by atoms with Crippen LogP contribution in [-0.4, -0.2) is 21.0 Å². The highest BCUT2D eigenvalue weighted by Crippen LogP contribution is 2.16. The van der Waals surface area contributed by atoms with Gasteiger partial charge in [-0.15, -0.1) is 11.8 Å². The molecule has 2 aromatic rings. The number of aromatic nitrogens is 3. The van der Waals surface area contributed by atoms with E-state index in [0.717, 1.165) is 10.8 Å². The second-order valence-electron chi connectivity index (χ2n) is 3.91. The molecule has 2 rings (SSSR count). The van der Waals surface area contributed by atoms with Crippen LogP contribution in [0.15, 0.2) is 35.6 Å². The van der Waals surface area contributed by atoms with Gasteiger partial charge in [-0.05, 0) is 29.9 Å². The van der Waals surface area contributed by atoms with Crippen LogP contribution in [0.2, 0.25) is 0 Å². The monoisotopic (exact) mass is 233 g/mol. The van der Waals surface area contributed by atoms with E-state index in [1.54, 1.807) is 16.4 Å². The van der Waals surface area contributed by atoms with Crippen LogP contribution >= 0.6 is 11.8 Å². The lowest BCUT2D eigenvalue weighted by Gasteiger charge is -2.05. The Bertz CT molecular complexity index is 459. The first-order valence-corrected chi connectivity index (χ1v) is 6.49. The third kappa shape index (κ3) is 2.27. The summed E-state index contributed by atoms with van der Waals surface area (Å²) in [6.07, 6.45) is 5.87. The van der Waals surface area contributed by atoms with Gasteiger partial charge in [0.2, 0.25) is 0 Å². The van der Waals surface area contributed by atoms with E-state index in [1.165, 1.54) is 5.56 Å². The van der Waals surface area contributed by atoms with Crippen molar-refractivity contribution in [1.29, 1.82) is 0 Å². The second-order valence-corrected chi connectivity index (χ2v) is 4.73. The van der Waals surface area contributed by atoms with Crippen LogP contribution in [-0.2, 0) is 0 Å². The van der Waals surface area contributed by atoms with Gasteiger partial charge in [-0.3, -0.25) is 0 Å². The van der Waals surface area contributed by atoms with Crippen molar-refractivity contribution in [3.8, 4) is 5.82 Å². The zero-order chi connectivity index (χ0) is 11.5. The summed E-state index contributed by atoms with van der Waals surface area (Å²) < 4.78 is 1.80. The Morgan fingerprint density at radius 2 is 2.06 bits per heavy atom. The molecule has 0 amide bonds. The minimum atomic E-state index is 0.515. The molecule has 2 heterocycles. The highest BCUT2D eigenvalue weighted by molar-refractivity contribution is 7.98. The predicted octanol–water partition coefficient (Wildman–Crippen LogP) is 3.11. The third-order valence-electron chi connectivity index (χ3n) is 2.45. The average molecular weight is 233 g/mol. The standard InChI is InChI=1S/C12H15N3S/c1-9(2)10-4-5-11(13-8-10)15-7-6-12(14-15)16-3/h4-9H,1-3H3. The Balaban J connectivity index is 2.27. The van der Waals surface area contributed by atoms with Gasteiger partial charge in [0.25, 0.3) is 0 Å². The molecule has 84 valence electrons. The van der Waals surface area contributed by atoms with Gasteiger partial charge >= 0.3 is 0 Å². The van der Waals surface area contributed by atoms with Gasteiger partial charge < -0.3 is 0 Å². The summed E-state index contributed by atoms with van der Waals surface area (Å²) in [5, 5.41) is 5.40. The summed E-state index contributed by atoms with van der Waals surface area (Å²) in [6.45, 7) is 4.33. The molecule has 0 aliphatic carbocycles. The molecule has 0 saturated heterocycles. The normalized spacial score (nSPS) is 11.0. The van der Waals surface area contributed by atoms with Crippen LogP contribution < -0.4 is 0 Å². The second kappa shape index (κ2) is 4.70. The van der Waals surface area contributed by atoms with Crippen molar-refractivity contribution in [1.82, 2.24) is 14.8 Å². The molecule has 0 N–H and O–H groups in total. The first kappa shape index (κ1) is 11.2. The van der Waals surface area contributed by atoms with Crippen molar-refractivity contribution in [3.63, 3.8) is 0 Å². The lowest BCUT2D eigenvalue weighted by atomic mass is 10.1. The maximum Gasteiger partial charge on any atom is 0.153 e. The molecule has 0 unspecified atom stereocenters. The van der Waals surface area contributed by atoms with E-state index in [0.29, 0.717) is 5.92 Å². The van der Waals surface area contributed by atoms with Gasteiger partial charge in [0.05, 0.1) is 0 Å². The summed E-state index contributed by atoms with van der Waals surface area (Å²) in [7, 11) is 0. The van der Waals surface area contributed by atoms with Crippen LogP contribution in [0.3, 0.4) is 0 Å². The van der Waals surface area contributed by atoms with Crippen LogP contribution in [0.4, 0.5) is 0 Å². The summed E-state index contributed by atoms with van der Waals surface area (Å²) >= 11 is 1.63. The number of rotatable bonds is 3. The van der Waals surface area contributed by atoms with Gasteiger partial charge in [-0.1, -0.05) is 19.9 Å². The molecule has 4 heteroatoms. The summed E-state index contributed by atoms with van der Waals surface area (Å²) in [5.74, 6) is 1.38. The maximum atomic E-state index is 4.41. The van der Waals surface area contributed by atoms with E-state index in [-0.39, 0.29) is 0 Å². The SMILES string of the molecule is CSc1ccn(-c2ccc(C(C)C)cn2)n1. The van der Waals surface area contributed by atoms with Gasteiger partial charge in [-0.25, -0.2) is 9.67 Å². The van der Waals surface area contributed by atoms with Crippen molar-refractivity contribution >= 4 is 11.8 Å². The molecule has 3 nitrogen and oxygen atoms in total. The summed E-state index contributed by atoms with van der Waals surface area (Å²) in [6, 6.07) is 6.10. The lowest BCUT2D eigenvalue weighted by molar-refractivity contribution is 0.799. The van der Waals surface area contributed by atoms with Crippen molar-refractivity contribution in [2.75, 3.05) is 6.26 Å². The molecule has 2 aromatic heterocycles. The van der Waals surface area contributed by atoms with Crippen molar-refractivity contribution in [2.45, 2.75) is 24.8 Å². The molecule has 0 aliphatic rings. The molecule has 0 saturated carbocycles. The Hall–Kier alpha value is -1.29. The molecule has 0 spiro atoms. The maximum absolute atomic E-state index is 4.41. The molecular weight excluding hydrogens is 218 g/mol. The Morgan fingerprint density at radius 3 is 2.56 bits per heavy atom. The zero-order valence-electron chi connectivity index (χ0n) is 9.71.